The van der Waals surface area contributed by atoms with Crippen LogP contribution in [0.15, 0.2) is 18.2 Å². The Morgan fingerprint density at radius 3 is 2.05 bits per heavy atom. The Bertz CT molecular complexity index is 984. The van der Waals surface area contributed by atoms with Crippen LogP contribution in [0.3, 0.4) is 0 Å². The summed E-state index contributed by atoms with van der Waals surface area (Å²) in [7, 11) is 0. The summed E-state index contributed by atoms with van der Waals surface area (Å²) in [6.45, 7) is 15.4. The predicted octanol–water partition coefficient (Wildman–Crippen LogP) is 5.61. The first-order valence-corrected chi connectivity index (χ1v) is 15.2. The number of aryl methyl sites for hydroxylation is 2. The van der Waals surface area contributed by atoms with Gasteiger partial charge in [-0.1, -0.05) is 70.6 Å². The highest BCUT2D eigenvalue weighted by Crippen LogP contribution is 2.30. The summed E-state index contributed by atoms with van der Waals surface area (Å²) in [5.41, 5.74) is 7.20. The Balaban J connectivity index is 3.58. The first kappa shape index (κ1) is 35.9. The van der Waals surface area contributed by atoms with Gasteiger partial charge in [0.2, 0.25) is 17.7 Å². The van der Waals surface area contributed by atoms with Gasteiger partial charge in [-0.2, -0.15) is 0 Å². The van der Waals surface area contributed by atoms with Crippen LogP contribution in [-0.2, 0) is 19.1 Å². The maximum atomic E-state index is 14.3. The van der Waals surface area contributed by atoms with Crippen LogP contribution in [0.25, 0.3) is 0 Å². The Labute approximate surface area is 247 Å². The number of hydrogen-bond donors (Lipinski definition) is 3. The molecule has 9 heteroatoms. The number of unbranched alkanes of at least 4 members (excludes halogenated alkanes) is 5. The highest BCUT2D eigenvalue weighted by molar-refractivity contribution is 5.94. The molecular formula is C32H54N4O5. The topological polar surface area (TPSA) is 131 Å². The summed E-state index contributed by atoms with van der Waals surface area (Å²) in [5.74, 6) is -1.59. The standard InChI is InChI=1S/C32H54N4O5/c1-9-11-12-13-14-15-20-36(30(39)25(21-26(33)37)35-31(40)41-32(6,7)8)28(29(38)34-24(5)17-10-2)27-22(3)18-16-19-23(27)4/h16,18-19,24-25,28H,9-15,17,20-21H2,1-8H3,(H2,33,37)(H,34,38)(H,35,40). The van der Waals surface area contributed by atoms with E-state index in [1.165, 1.54) is 4.90 Å². The van der Waals surface area contributed by atoms with Gasteiger partial charge in [0.15, 0.2) is 0 Å². The van der Waals surface area contributed by atoms with Crippen molar-refractivity contribution in [3.63, 3.8) is 0 Å². The maximum Gasteiger partial charge on any atom is 0.408 e. The van der Waals surface area contributed by atoms with E-state index in [4.69, 9.17) is 10.5 Å². The second-order valence-corrected chi connectivity index (χ2v) is 12.1. The molecule has 0 fully saturated rings. The molecule has 0 aliphatic carbocycles. The van der Waals surface area contributed by atoms with Crippen LogP contribution in [0, 0.1) is 13.8 Å². The van der Waals surface area contributed by atoms with Gasteiger partial charge in [-0.25, -0.2) is 4.79 Å². The first-order chi connectivity index (χ1) is 19.2. The lowest BCUT2D eigenvalue weighted by Crippen LogP contribution is -2.55. The summed E-state index contributed by atoms with van der Waals surface area (Å²) in [4.78, 5) is 54.5. The van der Waals surface area contributed by atoms with Gasteiger partial charge in [0.05, 0.1) is 6.42 Å². The predicted molar refractivity (Wildman–Crippen MR) is 163 cm³/mol. The summed E-state index contributed by atoms with van der Waals surface area (Å²) in [6, 6.07) is 3.44. The number of primary amides is 1. The van der Waals surface area contributed by atoms with Gasteiger partial charge in [0.25, 0.3) is 0 Å². The third kappa shape index (κ3) is 13.0. The molecule has 0 spiro atoms. The van der Waals surface area contributed by atoms with Crippen LogP contribution in [0.2, 0.25) is 0 Å². The number of nitrogens with zero attached hydrogens (tertiary/aromatic N) is 1. The number of carbonyl (C=O) groups is 4. The Morgan fingerprint density at radius 1 is 0.927 bits per heavy atom. The zero-order valence-corrected chi connectivity index (χ0v) is 26.6. The van der Waals surface area contributed by atoms with Crippen molar-refractivity contribution in [3.05, 3.63) is 34.9 Å². The van der Waals surface area contributed by atoms with Crippen LogP contribution in [0.5, 0.6) is 0 Å². The monoisotopic (exact) mass is 574 g/mol. The molecule has 0 radical (unpaired) electrons. The molecule has 232 valence electrons. The molecule has 4 amide bonds. The average Bonchev–Trinajstić information content (AvgIpc) is 2.84. The van der Waals surface area contributed by atoms with E-state index < -0.39 is 42.0 Å². The highest BCUT2D eigenvalue weighted by Gasteiger charge is 2.38. The van der Waals surface area contributed by atoms with Crippen molar-refractivity contribution >= 4 is 23.8 Å². The van der Waals surface area contributed by atoms with E-state index in [1.807, 2.05) is 39.0 Å². The van der Waals surface area contributed by atoms with Crippen LogP contribution in [0.4, 0.5) is 4.79 Å². The summed E-state index contributed by atoms with van der Waals surface area (Å²) >= 11 is 0. The van der Waals surface area contributed by atoms with Gasteiger partial charge in [-0.3, -0.25) is 14.4 Å². The largest absolute Gasteiger partial charge is 0.444 e. The number of hydrogen-bond acceptors (Lipinski definition) is 5. The molecule has 41 heavy (non-hydrogen) atoms. The SMILES string of the molecule is CCCCCCCCN(C(=O)C(CC(N)=O)NC(=O)OC(C)(C)C)C(C(=O)NC(C)CCC)c1c(C)cccc1C. The molecule has 0 aliphatic heterocycles. The van der Waals surface area contributed by atoms with Crippen molar-refractivity contribution in [2.75, 3.05) is 6.54 Å². The third-order valence-corrected chi connectivity index (χ3v) is 6.92. The number of nitrogens with two attached hydrogens (primary N) is 1. The van der Waals surface area contributed by atoms with E-state index in [0.29, 0.717) is 6.42 Å². The molecule has 3 unspecified atom stereocenters. The molecule has 0 saturated carbocycles. The molecule has 0 saturated heterocycles. The molecule has 1 aromatic rings. The molecule has 1 rings (SSSR count). The quantitative estimate of drug-likeness (QED) is 0.208. The molecule has 0 aromatic heterocycles. The molecule has 0 heterocycles. The van der Waals surface area contributed by atoms with Crippen LogP contribution < -0.4 is 16.4 Å². The number of rotatable bonds is 17. The zero-order valence-electron chi connectivity index (χ0n) is 26.6. The minimum atomic E-state index is -1.28. The Morgan fingerprint density at radius 2 is 1.51 bits per heavy atom. The normalized spacial score (nSPS) is 13.6. The van der Waals surface area contributed by atoms with E-state index in [-0.39, 0.29) is 18.5 Å². The molecule has 4 N–H and O–H groups in total. The molecule has 0 bridgehead atoms. The van der Waals surface area contributed by atoms with Gasteiger partial charge in [0.1, 0.15) is 17.7 Å². The third-order valence-electron chi connectivity index (χ3n) is 6.92. The Kier molecular flexibility index (Phi) is 15.5. The summed E-state index contributed by atoms with van der Waals surface area (Å²) < 4.78 is 5.37. The lowest BCUT2D eigenvalue weighted by molar-refractivity contribution is -0.143. The first-order valence-electron chi connectivity index (χ1n) is 15.2. The van der Waals surface area contributed by atoms with Crippen molar-refractivity contribution in [3.8, 4) is 0 Å². The van der Waals surface area contributed by atoms with Gasteiger partial charge in [0, 0.05) is 12.6 Å². The smallest absolute Gasteiger partial charge is 0.408 e. The number of benzene rings is 1. The molecule has 1 aromatic carbocycles. The van der Waals surface area contributed by atoms with Crippen LogP contribution in [0.1, 0.15) is 122 Å². The average molecular weight is 575 g/mol. The molecular weight excluding hydrogens is 520 g/mol. The van der Waals surface area contributed by atoms with Crippen LogP contribution >= 0.6 is 0 Å². The number of alkyl carbamates (subject to hydrolysis) is 1. The summed E-state index contributed by atoms with van der Waals surface area (Å²) in [6.07, 6.45) is 6.39. The zero-order chi connectivity index (χ0) is 31.2. The molecule has 0 aliphatic rings. The van der Waals surface area contributed by atoms with Gasteiger partial charge in [-0.05, 0) is 71.1 Å². The van der Waals surface area contributed by atoms with E-state index >= 15 is 0 Å². The number of amides is 4. The van der Waals surface area contributed by atoms with E-state index in [2.05, 4.69) is 24.5 Å². The van der Waals surface area contributed by atoms with Crippen molar-refractivity contribution in [1.29, 1.82) is 0 Å². The minimum Gasteiger partial charge on any atom is -0.444 e. The molecule has 9 nitrogen and oxygen atoms in total. The van der Waals surface area contributed by atoms with Crippen molar-refractivity contribution in [1.82, 2.24) is 15.5 Å². The van der Waals surface area contributed by atoms with Gasteiger partial charge < -0.3 is 26.0 Å². The van der Waals surface area contributed by atoms with E-state index in [1.54, 1.807) is 20.8 Å². The second kappa shape index (κ2) is 17.7. The number of nitrogens with one attached hydrogen (secondary N) is 2. The number of ether oxygens (including phenoxy) is 1. The van der Waals surface area contributed by atoms with E-state index in [0.717, 1.165) is 61.6 Å². The Hall–Kier alpha value is -3.10. The number of carbonyl (C=O) groups excluding carboxylic acids is 4. The van der Waals surface area contributed by atoms with E-state index in [9.17, 15) is 19.2 Å². The fraction of sp³-hybridized carbons (Fsp3) is 0.688. The lowest BCUT2D eigenvalue weighted by Gasteiger charge is -2.36. The minimum absolute atomic E-state index is 0.0911. The fourth-order valence-electron chi connectivity index (χ4n) is 4.99. The van der Waals surface area contributed by atoms with Crippen molar-refractivity contribution in [2.24, 2.45) is 5.73 Å². The highest BCUT2D eigenvalue weighted by atomic mass is 16.6. The van der Waals surface area contributed by atoms with Gasteiger partial charge >= 0.3 is 6.09 Å². The van der Waals surface area contributed by atoms with Crippen LogP contribution in [-0.4, -0.2) is 52.9 Å². The maximum absolute atomic E-state index is 14.3. The fourth-order valence-corrected chi connectivity index (χ4v) is 4.99. The van der Waals surface area contributed by atoms with Crippen molar-refractivity contribution < 1.29 is 23.9 Å². The second-order valence-electron chi connectivity index (χ2n) is 12.1. The van der Waals surface area contributed by atoms with Crippen molar-refractivity contribution in [2.45, 2.75) is 137 Å². The summed E-state index contributed by atoms with van der Waals surface area (Å²) in [5, 5.41) is 5.66. The van der Waals surface area contributed by atoms with Gasteiger partial charge in [-0.15, -0.1) is 0 Å². The molecule has 3 atom stereocenters. The lowest BCUT2D eigenvalue weighted by atomic mass is 9.93.